The Labute approximate surface area is 159 Å². The van der Waals surface area contributed by atoms with E-state index in [0.29, 0.717) is 16.5 Å². The number of nitriles is 1. The van der Waals surface area contributed by atoms with Crippen molar-refractivity contribution >= 4 is 11.6 Å². The quantitative estimate of drug-likeness (QED) is 0.596. The first kappa shape index (κ1) is 18.2. The Morgan fingerprint density at radius 3 is 2.65 bits per heavy atom. The molecule has 0 spiro atoms. The van der Waals surface area contributed by atoms with E-state index < -0.39 is 0 Å². The van der Waals surface area contributed by atoms with Crippen molar-refractivity contribution in [3.8, 4) is 17.2 Å². The van der Waals surface area contributed by atoms with Crippen LogP contribution in [0.2, 0.25) is 5.02 Å². The molecule has 3 rings (SSSR count). The van der Waals surface area contributed by atoms with E-state index >= 15 is 0 Å². The number of hydrogen-bond acceptors (Lipinski definition) is 2. The Morgan fingerprint density at radius 1 is 1.38 bits per heavy atom. The molecule has 1 unspecified atom stereocenters. The van der Waals surface area contributed by atoms with Gasteiger partial charge in [0.25, 0.3) is 0 Å². The average Bonchev–Trinajstić information content (AvgIpc) is 3.40. The number of hydrogen-bond donors (Lipinski definition) is 0. The Kier molecular flexibility index (Phi) is 5.15. The van der Waals surface area contributed by atoms with E-state index in [1.54, 1.807) is 12.1 Å². The van der Waals surface area contributed by atoms with Gasteiger partial charge in [0.2, 0.25) is 0 Å². The third-order valence-electron chi connectivity index (χ3n) is 4.92. The Balaban J connectivity index is 2.12. The molecule has 0 radical (unpaired) electrons. The molecule has 2 aromatic rings. The Morgan fingerprint density at radius 2 is 2.12 bits per heavy atom. The van der Waals surface area contributed by atoms with Gasteiger partial charge in [0, 0.05) is 11.3 Å². The molecule has 0 aliphatic heterocycles. The molecule has 1 saturated carbocycles. The average molecular weight is 364 g/mol. The minimum Gasteiger partial charge on any atom is -0.261 e. The first-order chi connectivity index (χ1) is 12.5. The molecule has 1 aromatic carbocycles. The van der Waals surface area contributed by atoms with Gasteiger partial charge in [0.15, 0.2) is 0 Å². The summed E-state index contributed by atoms with van der Waals surface area (Å²) in [7, 11) is 0. The SMILES string of the molecule is C=C/C=C(\C=C)C(C1CC1)n1nc(C)c(-c2ccc(C#N)c(Cl)c2)c1C. The van der Waals surface area contributed by atoms with Gasteiger partial charge in [-0.2, -0.15) is 10.4 Å². The lowest BCUT2D eigenvalue weighted by atomic mass is 10.00. The van der Waals surface area contributed by atoms with Crippen LogP contribution in [0.4, 0.5) is 0 Å². The molecule has 1 aliphatic rings. The maximum Gasteiger partial charge on any atom is 0.101 e. The lowest BCUT2D eigenvalue weighted by Gasteiger charge is -2.20. The van der Waals surface area contributed by atoms with Crippen LogP contribution >= 0.6 is 11.6 Å². The predicted molar refractivity (Wildman–Crippen MR) is 107 cm³/mol. The molecule has 3 nitrogen and oxygen atoms in total. The summed E-state index contributed by atoms with van der Waals surface area (Å²) in [5.74, 6) is 0.578. The zero-order valence-electron chi connectivity index (χ0n) is 15.2. The van der Waals surface area contributed by atoms with Crippen LogP contribution < -0.4 is 0 Å². The molecule has 0 amide bonds. The molecule has 4 heteroatoms. The number of benzene rings is 1. The number of nitrogens with zero attached hydrogens (tertiary/aromatic N) is 3. The Hall–Kier alpha value is -2.57. The molecule has 0 N–H and O–H groups in total. The van der Waals surface area contributed by atoms with E-state index in [4.69, 9.17) is 22.0 Å². The second-order valence-corrected chi connectivity index (χ2v) is 7.09. The molecule has 1 heterocycles. The smallest absolute Gasteiger partial charge is 0.101 e. The maximum atomic E-state index is 9.10. The summed E-state index contributed by atoms with van der Waals surface area (Å²) in [5, 5.41) is 14.4. The highest BCUT2D eigenvalue weighted by Crippen LogP contribution is 2.45. The fourth-order valence-electron chi connectivity index (χ4n) is 3.56. The second kappa shape index (κ2) is 7.35. The van der Waals surface area contributed by atoms with Gasteiger partial charge in [0.1, 0.15) is 6.07 Å². The topological polar surface area (TPSA) is 41.6 Å². The molecule has 1 fully saturated rings. The lowest BCUT2D eigenvalue weighted by Crippen LogP contribution is -2.16. The number of aromatic nitrogens is 2. The summed E-state index contributed by atoms with van der Waals surface area (Å²) < 4.78 is 2.12. The monoisotopic (exact) mass is 363 g/mol. The van der Waals surface area contributed by atoms with Crippen molar-refractivity contribution in [3.05, 3.63) is 77.1 Å². The van der Waals surface area contributed by atoms with Gasteiger partial charge in [-0.15, -0.1) is 0 Å². The highest BCUT2D eigenvalue weighted by Gasteiger charge is 2.36. The lowest BCUT2D eigenvalue weighted by molar-refractivity contribution is 0.458. The first-order valence-corrected chi connectivity index (χ1v) is 9.10. The standard InChI is InChI=1S/C22H22ClN3/c1-5-7-16(6-2)22(17-8-9-17)26-15(4)21(14(3)25-26)18-10-11-19(13-24)20(23)12-18/h5-7,10-12,17,22H,1-2,8-9H2,3-4H3/b16-7+. The van der Waals surface area contributed by atoms with Crippen LogP contribution in [0.1, 0.15) is 35.8 Å². The van der Waals surface area contributed by atoms with Gasteiger partial charge in [-0.1, -0.05) is 49.1 Å². The molecule has 0 bridgehead atoms. The summed E-state index contributed by atoms with van der Waals surface area (Å²) in [6, 6.07) is 7.83. The molecule has 1 aliphatic carbocycles. The largest absolute Gasteiger partial charge is 0.261 e. The predicted octanol–water partition coefficient (Wildman–Crippen LogP) is 5.94. The van der Waals surface area contributed by atoms with Crippen LogP contribution in [0.5, 0.6) is 0 Å². The van der Waals surface area contributed by atoms with E-state index in [2.05, 4.69) is 30.8 Å². The van der Waals surface area contributed by atoms with E-state index in [-0.39, 0.29) is 6.04 Å². The summed E-state index contributed by atoms with van der Waals surface area (Å²) >= 11 is 6.24. The van der Waals surface area contributed by atoms with Crippen LogP contribution in [-0.4, -0.2) is 9.78 Å². The zero-order valence-corrected chi connectivity index (χ0v) is 15.9. The molecule has 1 atom stereocenters. The number of allylic oxidation sites excluding steroid dienone is 4. The molecule has 26 heavy (non-hydrogen) atoms. The highest BCUT2D eigenvalue weighted by molar-refractivity contribution is 6.32. The van der Waals surface area contributed by atoms with Crippen LogP contribution in [0.25, 0.3) is 11.1 Å². The summed E-state index contributed by atoms with van der Waals surface area (Å²) in [4.78, 5) is 0. The zero-order chi connectivity index (χ0) is 18.8. The highest BCUT2D eigenvalue weighted by atomic mass is 35.5. The van der Waals surface area contributed by atoms with Crippen molar-refractivity contribution in [2.24, 2.45) is 5.92 Å². The van der Waals surface area contributed by atoms with Gasteiger partial charge >= 0.3 is 0 Å². The summed E-state index contributed by atoms with van der Waals surface area (Å²) in [5.41, 5.74) is 5.73. The summed E-state index contributed by atoms with van der Waals surface area (Å²) in [6.45, 7) is 11.9. The third kappa shape index (κ3) is 3.25. The molecule has 0 saturated heterocycles. The van der Waals surface area contributed by atoms with Crippen molar-refractivity contribution in [2.45, 2.75) is 32.7 Å². The fraction of sp³-hybridized carbons (Fsp3) is 0.273. The Bertz CT molecular complexity index is 939. The number of rotatable bonds is 6. The minimum atomic E-state index is 0.173. The van der Waals surface area contributed by atoms with Crippen LogP contribution in [0.15, 0.2) is 55.2 Å². The number of halogens is 1. The van der Waals surface area contributed by atoms with Gasteiger partial charge in [-0.05, 0) is 55.9 Å². The van der Waals surface area contributed by atoms with Gasteiger partial charge in [-0.3, -0.25) is 4.68 Å². The van der Waals surface area contributed by atoms with Crippen molar-refractivity contribution in [2.75, 3.05) is 0 Å². The second-order valence-electron chi connectivity index (χ2n) is 6.69. The minimum absolute atomic E-state index is 0.173. The van der Waals surface area contributed by atoms with Gasteiger partial charge < -0.3 is 0 Å². The van der Waals surface area contributed by atoms with Crippen molar-refractivity contribution in [1.29, 1.82) is 5.26 Å². The van der Waals surface area contributed by atoms with Crippen molar-refractivity contribution in [1.82, 2.24) is 9.78 Å². The van der Waals surface area contributed by atoms with Gasteiger partial charge in [0.05, 0.1) is 22.3 Å². The molecule has 132 valence electrons. The number of aryl methyl sites for hydroxylation is 1. The maximum absolute atomic E-state index is 9.10. The van der Waals surface area contributed by atoms with E-state index in [0.717, 1.165) is 28.1 Å². The van der Waals surface area contributed by atoms with E-state index in [1.807, 2.05) is 31.2 Å². The molecule has 1 aromatic heterocycles. The third-order valence-corrected chi connectivity index (χ3v) is 5.24. The van der Waals surface area contributed by atoms with Crippen LogP contribution in [0.3, 0.4) is 0 Å². The summed E-state index contributed by atoms with van der Waals surface area (Å²) in [6.07, 6.45) is 8.12. The van der Waals surface area contributed by atoms with Crippen molar-refractivity contribution < 1.29 is 0 Å². The fourth-order valence-corrected chi connectivity index (χ4v) is 3.78. The van der Waals surface area contributed by atoms with E-state index in [9.17, 15) is 0 Å². The van der Waals surface area contributed by atoms with Crippen LogP contribution in [-0.2, 0) is 0 Å². The van der Waals surface area contributed by atoms with Gasteiger partial charge in [-0.25, -0.2) is 0 Å². The first-order valence-electron chi connectivity index (χ1n) is 8.72. The van der Waals surface area contributed by atoms with Crippen molar-refractivity contribution in [3.63, 3.8) is 0 Å². The van der Waals surface area contributed by atoms with E-state index in [1.165, 1.54) is 12.8 Å². The van der Waals surface area contributed by atoms with Crippen LogP contribution in [0, 0.1) is 31.1 Å². The molecular formula is C22H22ClN3. The normalized spacial score (nSPS) is 15.4. The molecular weight excluding hydrogens is 342 g/mol.